The minimum Gasteiger partial charge on any atom is -0.423 e. The van der Waals surface area contributed by atoms with Crippen LogP contribution in [0.25, 0.3) is 5.57 Å². The first-order chi connectivity index (χ1) is 12.9. The van der Waals surface area contributed by atoms with Gasteiger partial charge in [-0.1, -0.05) is 62.6 Å². The first kappa shape index (κ1) is 20.4. The molecular weight excluding hydrogens is 332 g/mol. The lowest BCUT2D eigenvalue weighted by atomic mass is 9.94. The second kappa shape index (κ2) is 9.72. The molecule has 2 heteroatoms. The summed E-state index contributed by atoms with van der Waals surface area (Å²) in [5.41, 5.74) is 6.86. The second-order valence-electron chi connectivity index (χ2n) is 6.74. The van der Waals surface area contributed by atoms with E-state index in [0.29, 0.717) is 11.3 Å². The number of ether oxygens (including phenoxy) is 1. The average Bonchev–Trinajstić information content (AvgIpc) is 2.67. The van der Waals surface area contributed by atoms with Crippen LogP contribution in [0.3, 0.4) is 0 Å². The Morgan fingerprint density at radius 2 is 1.74 bits per heavy atom. The Kier molecular flexibility index (Phi) is 7.36. The molecule has 0 amide bonds. The van der Waals surface area contributed by atoms with Gasteiger partial charge >= 0.3 is 5.97 Å². The van der Waals surface area contributed by atoms with Crippen LogP contribution >= 0.6 is 0 Å². The Hall–Kier alpha value is -2.87. The molecule has 0 N–H and O–H groups in total. The quantitative estimate of drug-likeness (QED) is 0.246. The number of allylic oxidation sites excluding steroid dienone is 3. The smallest absolute Gasteiger partial charge is 0.338 e. The maximum atomic E-state index is 11.6. The maximum Gasteiger partial charge on any atom is 0.338 e. The third-order valence-corrected chi connectivity index (χ3v) is 4.58. The molecule has 0 heterocycles. The third kappa shape index (κ3) is 5.82. The zero-order valence-electron chi connectivity index (χ0n) is 16.5. The lowest BCUT2D eigenvalue weighted by Crippen LogP contribution is -2.08. The number of esters is 1. The van der Waals surface area contributed by atoms with Gasteiger partial charge in [0.05, 0.1) is 0 Å². The van der Waals surface area contributed by atoms with Crippen LogP contribution in [0.2, 0.25) is 0 Å². The van der Waals surface area contributed by atoms with Crippen molar-refractivity contribution in [2.75, 3.05) is 0 Å². The van der Waals surface area contributed by atoms with Gasteiger partial charge in [0.2, 0.25) is 0 Å². The molecule has 0 fully saturated rings. The van der Waals surface area contributed by atoms with Crippen LogP contribution < -0.4 is 4.74 Å². The monoisotopic (exact) mass is 360 g/mol. The number of aryl methyl sites for hydroxylation is 3. The molecule has 0 aliphatic carbocycles. The predicted octanol–water partition coefficient (Wildman–Crippen LogP) is 6.11. The molecule has 0 aliphatic heterocycles. The van der Waals surface area contributed by atoms with Gasteiger partial charge in [-0.15, -0.1) is 0 Å². The van der Waals surface area contributed by atoms with Crippen molar-refractivity contribution in [1.82, 2.24) is 0 Å². The highest BCUT2D eigenvalue weighted by Gasteiger charge is 2.07. The molecule has 0 bridgehead atoms. The SMILES string of the molecule is C=C/C=C(\C)c1ccc(CCc2ccc(OC(=O)C(=C)C)cc2)c(CC)c1. The maximum absolute atomic E-state index is 11.6. The molecular formula is C25H28O2. The molecule has 2 aromatic carbocycles. The lowest BCUT2D eigenvalue weighted by molar-refractivity contribution is -0.130. The van der Waals surface area contributed by atoms with E-state index in [-0.39, 0.29) is 0 Å². The van der Waals surface area contributed by atoms with Crippen LogP contribution in [0.1, 0.15) is 43.0 Å². The van der Waals surface area contributed by atoms with E-state index in [9.17, 15) is 4.79 Å². The van der Waals surface area contributed by atoms with Crippen molar-refractivity contribution >= 4 is 11.5 Å². The van der Waals surface area contributed by atoms with Crippen LogP contribution in [-0.2, 0) is 24.1 Å². The highest BCUT2D eigenvalue weighted by Crippen LogP contribution is 2.21. The fourth-order valence-corrected chi connectivity index (χ4v) is 2.91. The van der Waals surface area contributed by atoms with Crippen LogP contribution in [0.5, 0.6) is 5.75 Å². The molecule has 27 heavy (non-hydrogen) atoms. The molecule has 0 unspecified atom stereocenters. The van der Waals surface area contributed by atoms with Gasteiger partial charge in [-0.3, -0.25) is 0 Å². The molecule has 140 valence electrons. The molecule has 0 radical (unpaired) electrons. The number of hydrogen-bond acceptors (Lipinski definition) is 2. The van der Waals surface area contributed by atoms with E-state index >= 15 is 0 Å². The van der Waals surface area contributed by atoms with E-state index in [4.69, 9.17) is 4.74 Å². The highest BCUT2D eigenvalue weighted by molar-refractivity contribution is 5.88. The van der Waals surface area contributed by atoms with Gasteiger partial charge in [0.1, 0.15) is 5.75 Å². The normalized spacial score (nSPS) is 11.1. The van der Waals surface area contributed by atoms with Gasteiger partial charge in [0.15, 0.2) is 0 Å². The number of hydrogen-bond donors (Lipinski definition) is 0. The summed E-state index contributed by atoms with van der Waals surface area (Å²) < 4.78 is 5.23. The van der Waals surface area contributed by atoms with E-state index < -0.39 is 5.97 Å². The fraction of sp³-hybridized carbons (Fsp3) is 0.240. The van der Waals surface area contributed by atoms with Crippen molar-refractivity contribution in [3.8, 4) is 5.75 Å². The third-order valence-electron chi connectivity index (χ3n) is 4.58. The zero-order chi connectivity index (χ0) is 19.8. The fourth-order valence-electron chi connectivity index (χ4n) is 2.91. The summed E-state index contributed by atoms with van der Waals surface area (Å²) in [5.74, 6) is 0.158. The molecule has 2 aromatic rings. The van der Waals surface area contributed by atoms with Gasteiger partial charge in [0.25, 0.3) is 0 Å². The Balaban J connectivity index is 2.05. The van der Waals surface area contributed by atoms with Gasteiger partial charge in [-0.2, -0.15) is 0 Å². The molecule has 0 aromatic heterocycles. The van der Waals surface area contributed by atoms with E-state index in [2.05, 4.69) is 45.2 Å². The van der Waals surface area contributed by atoms with E-state index in [1.165, 1.54) is 27.8 Å². The molecule has 0 saturated carbocycles. The summed E-state index contributed by atoms with van der Waals surface area (Å²) in [6, 6.07) is 14.4. The van der Waals surface area contributed by atoms with Gasteiger partial charge in [-0.05, 0) is 73.1 Å². The van der Waals surface area contributed by atoms with Crippen molar-refractivity contribution in [2.24, 2.45) is 0 Å². The van der Waals surface area contributed by atoms with Crippen molar-refractivity contribution in [3.63, 3.8) is 0 Å². The van der Waals surface area contributed by atoms with Crippen molar-refractivity contribution in [2.45, 2.75) is 40.0 Å². The Labute approximate surface area is 162 Å². The topological polar surface area (TPSA) is 26.3 Å². The second-order valence-corrected chi connectivity index (χ2v) is 6.74. The standard InChI is InChI=1S/C25H28O2/c1-6-8-19(5)23-14-13-22(21(7-2)17-23)12-9-20-10-15-24(16-11-20)27-25(26)18(3)4/h6,8,10-11,13-17H,1,3,7,9,12H2,2,4-5H3/b19-8+. The van der Waals surface area contributed by atoms with Crippen molar-refractivity contribution in [1.29, 1.82) is 0 Å². The highest BCUT2D eigenvalue weighted by atomic mass is 16.5. The predicted molar refractivity (Wildman–Crippen MR) is 114 cm³/mol. The van der Waals surface area contributed by atoms with Crippen LogP contribution in [-0.4, -0.2) is 5.97 Å². The summed E-state index contributed by atoms with van der Waals surface area (Å²) in [6.07, 6.45) is 6.81. The minimum absolute atomic E-state index is 0.392. The summed E-state index contributed by atoms with van der Waals surface area (Å²) in [7, 11) is 0. The lowest BCUT2D eigenvalue weighted by Gasteiger charge is -2.11. The minimum atomic E-state index is -0.392. The largest absolute Gasteiger partial charge is 0.423 e. The van der Waals surface area contributed by atoms with E-state index in [1.807, 2.05) is 36.4 Å². The van der Waals surface area contributed by atoms with Gasteiger partial charge in [-0.25, -0.2) is 4.79 Å². The molecule has 0 atom stereocenters. The van der Waals surface area contributed by atoms with Gasteiger partial charge in [0, 0.05) is 5.57 Å². The summed E-state index contributed by atoms with van der Waals surface area (Å²) in [6.45, 7) is 13.3. The molecule has 2 rings (SSSR count). The Morgan fingerprint density at radius 3 is 2.33 bits per heavy atom. The van der Waals surface area contributed by atoms with E-state index in [0.717, 1.165) is 19.3 Å². The first-order valence-electron chi connectivity index (χ1n) is 9.32. The Morgan fingerprint density at radius 1 is 1.04 bits per heavy atom. The first-order valence-corrected chi connectivity index (χ1v) is 9.32. The number of carbonyl (C=O) groups is 1. The van der Waals surface area contributed by atoms with Crippen molar-refractivity contribution < 1.29 is 9.53 Å². The molecule has 0 spiro atoms. The number of rotatable bonds is 8. The number of benzene rings is 2. The summed E-state index contributed by atoms with van der Waals surface area (Å²) in [4.78, 5) is 11.6. The van der Waals surface area contributed by atoms with Crippen molar-refractivity contribution in [3.05, 3.63) is 95.6 Å². The van der Waals surface area contributed by atoms with Crippen LogP contribution in [0, 0.1) is 0 Å². The van der Waals surface area contributed by atoms with Crippen LogP contribution in [0.15, 0.2) is 73.3 Å². The number of carbonyl (C=O) groups excluding carboxylic acids is 1. The van der Waals surface area contributed by atoms with E-state index in [1.54, 1.807) is 6.92 Å². The summed E-state index contributed by atoms with van der Waals surface area (Å²) >= 11 is 0. The zero-order valence-corrected chi connectivity index (χ0v) is 16.5. The van der Waals surface area contributed by atoms with Gasteiger partial charge < -0.3 is 4.74 Å². The molecule has 0 aliphatic rings. The molecule has 0 saturated heterocycles. The average molecular weight is 360 g/mol. The summed E-state index contributed by atoms with van der Waals surface area (Å²) in [5, 5.41) is 0. The molecule has 2 nitrogen and oxygen atoms in total. The Bertz CT molecular complexity index is 854. The van der Waals surface area contributed by atoms with Crippen LogP contribution in [0.4, 0.5) is 0 Å².